The molecule has 0 heterocycles. The van der Waals surface area contributed by atoms with Crippen molar-refractivity contribution in [1.82, 2.24) is 0 Å². The van der Waals surface area contributed by atoms with E-state index in [0.29, 0.717) is 6.54 Å². The zero-order chi connectivity index (χ0) is 12.6. The van der Waals surface area contributed by atoms with Gasteiger partial charge in [0.15, 0.2) is 0 Å². The molecule has 0 aromatic heterocycles. The minimum absolute atomic E-state index is 0.0683. The first-order valence-electron chi connectivity index (χ1n) is 5.85. The Labute approximate surface area is 108 Å². The normalized spacial score (nSPS) is 12.1. The lowest BCUT2D eigenvalue weighted by Gasteiger charge is -2.25. The average molecular weight is 248 g/mol. The average Bonchev–Trinajstić information content (AvgIpc) is 2.25. The van der Waals surface area contributed by atoms with Crippen molar-refractivity contribution in [2.75, 3.05) is 0 Å². The maximum atomic E-state index is 6.11. The summed E-state index contributed by atoms with van der Waals surface area (Å²) in [6, 6.07) is 10.3. The summed E-state index contributed by atoms with van der Waals surface area (Å²) >= 11 is 6.11. The molecular weight excluding hydrogens is 230 g/mol. The van der Waals surface area contributed by atoms with Crippen LogP contribution in [0.5, 0.6) is 0 Å². The second-order valence-corrected chi connectivity index (χ2v) is 5.86. The summed E-state index contributed by atoms with van der Waals surface area (Å²) in [5.41, 5.74) is 8.42. The lowest BCUT2D eigenvalue weighted by molar-refractivity contribution is 0.588. The number of fused-ring (bicyclic) bond motifs is 1. The molecule has 0 saturated carbocycles. The van der Waals surface area contributed by atoms with Gasteiger partial charge < -0.3 is 5.73 Å². The van der Waals surface area contributed by atoms with Crippen molar-refractivity contribution in [2.24, 2.45) is 5.73 Å². The van der Waals surface area contributed by atoms with Gasteiger partial charge in [0.05, 0.1) is 0 Å². The molecule has 0 aliphatic carbocycles. The molecule has 0 radical (unpaired) electrons. The molecule has 2 aromatic rings. The van der Waals surface area contributed by atoms with Crippen LogP contribution in [-0.2, 0) is 12.0 Å². The van der Waals surface area contributed by atoms with E-state index in [4.69, 9.17) is 17.3 Å². The third-order valence-corrected chi connectivity index (χ3v) is 3.27. The van der Waals surface area contributed by atoms with Gasteiger partial charge in [-0.3, -0.25) is 0 Å². The van der Waals surface area contributed by atoms with E-state index in [-0.39, 0.29) is 5.41 Å². The van der Waals surface area contributed by atoms with Crippen molar-refractivity contribution >= 4 is 22.4 Å². The molecule has 0 amide bonds. The second-order valence-electron chi connectivity index (χ2n) is 5.42. The van der Waals surface area contributed by atoms with E-state index in [1.54, 1.807) is 0 Å². The van der Waals surface area contributed by atoms with E-state index in [0.717, 1.165) is 5.02 Å². The fraction of sp³-hybridized carbons (Fsp3) is 0.333. The molecular formula is C15H18ClN. The van der Waals surface area contributed by atoms with Gasteiger partial charge in [-0.05, 0) is 39.4 Å². The van der Waals surface area contributed by atoms with Gasteiger partial charge >= 0.3 is 0 Å². The summed E-state index contributed by atoms with van der Waals surface area (Å²) in [6.45, 7) is 7.20. The minimum Gasteiger partial charge on any atom is -0.326 e. The zero-order valence-electron chi connectivity index (χ0n) is 10.5. The fourth-order valence-electron chi connectivity index (χ4n) is 2.39. The Kier molecular flexibility index (Phi) is 3.15. The quantitative estimate of drug-likeness (QED) is 0.801. The van der Waals surface area contributed by atoms with Crippen LogP contribution in [0.25, 0.3) is 10.8 Å². The van der Waals surface area contributed by atoms with Crippen LogP contribution in [-0.4, -0.2) is 0 Å². The molecule has 0 unspecified atom stereocenters. The van der Waals surface area contributed by atoms with E-state index < -0.39 is 0 Å². The highest BCUT2D eigenvalue weighted by Crippen LogP contribution is 2.34. The molecule has 0 saturated heterocycles. The van der Waals surface area contributed by atoms with E-state index in [1.807, 2.05) is 12.1 Å². The molecule has 0 aliphatic rings. The highest BCUT2D eigenvalue weighted by Gasteiger charge is 2.20. The number of hydrogen-bond acceptors (Lipinski definition) is 1. The molecule has 2 heteroatoms. The Bertz CT molecular complexity index is 553. The Morgan fingerprint density at radius 1 is 1.12 bits per heavy atom. The molecule has 0 aliphatic heterocycles. The van der Waals surface area contributed by atoms with Gasteiger partial charge in [0.25, 0.3) is 0 Å². The number of rotatable bonds is 1. The Hall–Kier alpha value is -1.05. The van der Waals surface area contributed by atoms with Gasteiger partial charge in [0.1, 0.15) is 0 Å². The van der Waals surface area contributed by atoms with Crippen molar-refractivity contribution in [1.29, 1.82) is 0 Å². The molecule has 1 nitrogen and oxygen atoms in total. The lowest BCUT2D eigenvalue weighted by atomic mass is 9.80. The van der Waals surface area contributed by atoms with Crippen LogP contribution in [0.3, 0.4) is 0 Å². The first-order chi connectivity index (χ1) is 7.93. The summed E-state index contributed by atoms with van der Waals surface area (Å²) in [4.78, 5) is 0. The number of nitrogens with two attached hydrogens (primary N) is 1. The van der Waals surface area contributed by atoms with Gasteiger partial charge in [-0.25, -0.2) is 0 Å². The zero-order valence-corrected chi connectivity index (χ0v) is 11.3. The highest BCUT2D eigenvalue weighted by atomic mass is 35.5. The molecule has 2 aromatic carbocycles. The summed E-state index contributed by atoms with van der Waals surface area (Å²) in [6.07, 6.45) is 0. The summed E-state index contributed by atoms with van der Waals surface area (Å²) in [5, 5.41) is 3.21. The molecule has 0 spiro atoms. The summed E-state index contributed by atoms with van der Waals surface area (Å²) in [7, 11) is 0. The number of benzene rings is 2. The van der Waals surface area contributed by atoms with Crippen molar-refractivity contribution < 1.29 is 0 Å². The molecule has 0 bridgehead atoms. The van der Waals surface area contributed by atoms with Crippen molar-refractivity contribution in [3.8, 4) is 0 Å². The van der Waals surface area contributed by atoms with Crippen LogP contribution in [0.2, 0.25) is 5.02 Å². The number of halogens is 1. The third-order valence-electron chi connectivity index (χ3n) is 3.04. The van der Waals surface area contributed by atoms with Crippen LogP contribution in [0.1, 0.15) is 31.9 Å². The molecule has 2 rings (SSSR count). The Balaban J connectivity index is 2.87. The molecule has 0 fully saturated rings. The lowest BCUT2D eigenvalue weighted by Crippen LogP contribution is -2.16. The first-order valence-corrected chi connectivity index (χ1v) is 6.23. The van der Waals surface area contributed by atoms with E-state index in [9.17, 15) is 0 Å². The standard InChI is InChI=1S/C15H18ClN/c1-15(2,3)14-11(9-17)5-4-10-6-7-12(16)8-13(10)14/h4-8H,9,17H2,1-3H3. The maximum Gasteiger partial charge on any atom is 0.0412 e. The summed E-state index contributed by atoms with van der Waals surface area (Å²) in [5.74, 6) is 0. The highest BCUT2D eigenvalue weighted by molar-refractivity contribution is 6.31. The van der Waals surface area contributed by atoms with E-state index in [2.05, 4.69) is 39.0 Å². The Morgan fingerprint density at radius 3 is 2.35 bits per heavy atom. The minimum atomic E-state index is 0.0683. The van der Waals surface area contributed by atoms with Crippen LogP contribution >= 0.6 is 11.6 Å². The topological polar surface area (TPSA) is 26.0 Å². The molecule has 17 heavy (non-hydrogen) atoms. The van der Waals surface area contributed by atoms with Crippen molar-refractivity contribution in [2.45, 2.75) is 32.7 Å². The van der Waals surface area contributed by atoms with Gasteiger partial charge in [-0.1, -0.05) is 50.6 Å². The third kappa shape index (κ3) is 2.31. The number of hydrogen-bond donors (Lipinski definition) is 1. The summed E-state index contributed by atoms with van der Waals surface area (Å²) < 4.78 is 0. The fourth-order valence-corrected chi connectivity index (χ4v) is 2.56. The monoisotopic (exact) mass is 247 g/mol. The van der Waals surface area contributed by atoms with Crippen LogP contribution in [0, 0.1) is 0 Å². The predicted molar refractivity (Wildman–Crippen MR) is 75.5 cm³/mol. The largest absolute Gasteiger partial charge is 0.326 e. The first kappa shape index (κ1) is 12.4. The Morgan fingerprint density at radius 2 is 1.76 bits per heavy atom. The van der Waals surface area contributed by atoms with E-state index >= 15 is 0 Å². The molecule has 0 atom stereocenters. The van der Waals surface area contributed by atoms with Gasteiger partial charge in [-0.2, -0.15) is 0 Å². The predicted octanol–water partition coefficient (Wildman–Crippen LogP) is 4.25. The molecule has 90 valence electrons. The van der Waals surface area contributed by atoms with Crippen LogP contribution in [0.15, 0.2) is 30.3 Å². The maximum absolute atomic E-state index is 6.11. The van der Waals surface area contributed by atoms with Gasteiger partial charge in [0.2, 0.25) is 0 Å². The van der Waals surface area contributed by atoms with E-state index in [1.165, 1.54) is 21.9 Å². The van der Waals surface area contributed by atoms with Crippen LogP contribution < -0.4 is 5.73 Å². The smallest absolute Gasteiger partial charge is 0.0412 e. The van der Waals surface area contributed by atoms with Gasteiger partial charge in [-0.15, -0.1) is 0 Å². The second kappa shape index (κ2) is 4.32. The van der Waals surface area contributed by atoms with Crippen molar-refractivity contribution in [3.05, 3.63) is 46.5 Å². The van der Waals surface area contributed by atoms with Crippen molar-refractivity contribution in [3.63, 3.8) is 0 Å². The molecule has 2 N–H and O–H groups in total. The van der Waals surface area contributed by atoms with Crippen LogP contribution in [0.4, 0.5) is 0 Å². The van der Waals surface area contributed by atoms with Gasteiger partial charge in [0, 0.05) is 11.6 Å². The SMILES string of the molecule is CC(C)(C)c1c(CN)ccc2ccc(Cl)cc12.